The number of rotatable bonds is 4. The first-order chi connectivity index (χ1) is 13.0. The molecule has 2 aliphatic rings. The average Bonchev–Trinajstić information content (AvgIpc) is 3.00. The lowest BCUT2D eigenvalue weighted by Crippen LogP contribution is -2.38. The van der Waals surface area contributed by atoms with Crippen molar-refractivity contribution in [2.75, 3.05) is 11.9 Å². The maximum Gasteiger partial charge on any atom is 0.337 e. The summed E-state index contributed by atoms with van der Waals surface area (Å²) in [6.45, 7) is 2.43. The largest absolute Gasteiger partial charge is 0.456 e. The van der Waals surface area contributed by atoms with Gasteiger partial charge in [-0.05, 0) is 24.1 Å². The van der Waals surface area contributed by atoms with Crippen molar-refractivity contribution in [1.29, 1.82) is 0 Å². The van der Waals surface area contributed by atoms with Crippen LogP contribution in [0.2, 0.25) is 0 Å². The van der Waals surface area contributed by atoms with Crippen molar-refractivity contribution in [2.45, 2.75) is 32.2 Å². The minimum atomic E-state index is -0.806. The van der Waals surface area contributed by atoms with Crippen LogP contribution in [0.15, 0.2) is 45.1 Å². The summed E-state index contributed by atoms with van der Waals surface area (Å²) in [6, 6.07) is 5.76. The SMILES string of the molecule is CCCCn1c2c(c(=O)[nH]c1=O)[C@@H](c1cccc(F)c1)C1=C(COC1=O)N2. The molecule has 0 aliphatic carbocycles. The number of nitrogens with zero attached hydrogens (tertiary/aromatic N) is 1. The lowest BCUT2D eigenvalue weighted by atomic mass is 9.82. The van der Waals surface area contributed by atoms with Crippen molar-refractivity contribution < 1.29 is 13.9 Å². The van der Waals surface area contributed by atoms with Crippen LogP contribution < -0.4 is 16.6 Å². The zero-order chi connectivity index (χ0) is 19.1. The number of fused-ring (bicyclic) bond motifs is 1. The van der Waals surface area contributed by atoms with Crippen LogP contribution in [-0.2, 0) is 16.1 Å². The van der Waals surface area contributed by atoms with Gasteiger partial charge in [-0.1, -0.05) is 25.5 Å². The number of H-pyrrole nitrogens is 1. The molecule has 0 amide bonds. The van der Waals surface area contributed by atoms with Gasteiger partial charge in [0.15, 0.2) is 0 Å². The van der Waals surface area contributed by atoms with Gasteiger partial charge in [0.2, 0.25) is 0 Å². The molecule has 0 fully saturated rings. The zero-order valence-electron chi connectivity index (χ0n) is 14.7. The van der Waals surface area contributed by atoms with Crippen molar-refractivity contribution >= 4 is 11.8 Å². The zero-order valence-corrected chi connectivity index (χ0v) is 14.7. The number of unbranched alkanes of at least 4 members (excludes halogenated alkanes) is 1. The second kappa shape index (κ2) is 6.53. The minimum absolute atomic E-state index is 0.0220. The van der Waals surface area contributed by atoms with Gasteiger partial charge in [0.1, 0.15) is 18.2 Å². The highest BCUT2D eigenvalue weighted by Gasteiger charge is 2.41. The highest BCUT2D eigenvalue weighted by Crippen LogP contribution is 2.42. The van der Waals surface area contributed by atoms with Gasteiger partial charge in [-0.3, -0.25) is 14.3 Å². The third kappa shape index (κ3) is 2.77. The molecular weight excluding hydrogens is 353 g/mol. The average molecular weight is 371 g/mol. The third-order valence-electron chi connectivity index (χ3n) is 4.89. The Morgan fingerprint density at radius 1 is 1.30 bits per heavy atom. The molecule has 8 heteroatoms. The maximum atomic E-state index is 13.9. The van der Waals surface area contributed by atoms with Crippen molar-refractivity contribution in [3.63, 3.8) is 0 Å². The highest BCUT2D eigenvalue weighted by molar-refractivity contribution is 5.96. The summed E-state index contributed by atoms with van der Waals surface area (Å²) in [7, 11) is 0. The molecule has 0 radical (unpaired) electrons. The van der Waals surface area contributed by atoms with E-state index in [9.17, 15) is 18.8 Å². The number of esters is 1. The summed E-state index contributed by atoms with van der Waals surface area (Å²) in [4.78, 5) is 39.7. The van der Waals surface area contributed by atoms with E-state index in [0.29, 0.717) is 23.6 Å². The van der Waals surface area contributed by atoms with Gasteiger partial charge in [0, 0.05) is 6.54 Å². The van der Waals surface area contributed by atoms with Crippen molar-refractivity contribution in [3.05, 3.63) is 73.3 Å². The fourth-order valence-corrected chi connectivity index (χ4v) is 3.64. The van der Waals surface area contributed by atoms with E-state index in [1.54, 1.807) is 6.07 Å². The number of anilines is 1. The van der Waals surface area contributed by atoms with E-state index in [1.807, 2.05) is 6.92 Å². The molecule has 7 nitrogen and oxygen atoms in total. The van der Waals surface area contributed by atoms with Gasteiger partial charge in [-0.15, -0.1) is 0 Å². The van der Waals surface area contributed by atoms with E-state index in [2.05, 4.69) is 10.3 Å². The molecule has 0 unspecified atom stereocenters. The molecule has 3 heterocycles. The van der Waals surface area contributed by atoms with Gasteiger partial charge in [0.25, 0.3) is 5.56 Å². The van der Waals surface area contributed by atoms with Crippen molar-refractivity contribution in [3.8, 4) is 0 Å². The fraction of sp³-hybridized carbons (Fsp3) is 0.316. The predicted octanol–water partition coefficient (Wildman–Crippen LogP) is 1.84. The van der Waals surface area contributed by atoms with Gasteiger partial charge in [0.05, 0.1) is 22.8 Å². The van der Waals surface area contributed by atoms with Crippen LogP contribution in [0, 0.1) is 5.82 Å². The molecule has 0 spiro atoms. The third-order valence-corrected chi connectivity index (χ3v) is 4.89. The van der Waals surface area contributed by atoms with Gasteiger partial charge in [-0.25, -0.2) is 14.0 Å². The number of hydrogen-bond acceptors (Lipinski definition) is 5. The van der Waals surface area contributed by atoms with Crippen LogP contribution in [0.25, 0.3) is 0 Å². The maximum absolute atomic E-state index is 13.9. The van der Waals surface area contributed by atoms with Gasteiger partial charge in [-0.2, -0.15) is 0 Å². The Labute approximate surface area is 153 Å². The first-order valence-electron chi connectivity index (χ1n) is 8.81. The first-order valence-corrected chi connectivity index (χ1v) is 8.81. The standard InChI is InChI=1S/C19H18FN3O4/c1-2-3-7-23-16-15(17(24)22-19(23)26)13(10-5-4-6-11(20)8-10)14-12(21-16)9-27-18(14)25/h4-6,8,13,21H,2-3,7,9H2,1H3,(H,22,24,26)/t13-/m0/s1. The Hall–Kier alpha value is -3.16. The monoisotopic (exact) mass is 371 g/mol. The Morgan fingerprint density at radius 2 is 2.11 bits per heavy atom. The number of benzene rings is 1. The number of cyclic esters (lactones) is 1. The van der Waals surface area contributed by atoms with E-state index >= 15 is 0 Å². The Morgan fingerprint density at radius 3 is 2.85 bits per heavy atom. The first kappa shape index (κ1) is 17.3. The Bertz CT molecular complexity index is 1080. The Kier molecular flexibility index (Phi) is 4.18. The van der Waals surface area contributed by atoms with Crippen LogP contribution >= 0.6 is 0 Å². The molecule has 0 saturated carbocycles. The fourth-order valence-electron chi connectivity index (χ4n) is 3.64. The number of nitrogens with one attached hydrogen (secondary N) is 2. The summed E-state index contributed by atoms with van der Waals surface area (Å²) in [6.07, 6.45) is 1.61. The van der Waals surface area contributed by atoms with E-state index in [0.717, 1.165) is 12.8 Å². The topological polar surface area (TPSA) is 93.2 Å². The molecule has 2 N–H and O–H groups in total. The molecule has 27 heavy (non-hydrogen) atoms. The predicted molar refractivity (Wildman–Crippen MR) is 96.1 cm³/mol. The van der Waals surface area contributed by atoms with Crippen molar-refractivity contribution in [2.24, 2.45) is 0 Å². The number of carbonyl (C=O) groups is 1. The van der Waals surface area contributed by atoms with E-state index in [1.165, 1.54) is 22.8 Å². The normalized spacial score (nSPS) is 18.0. The molecule has 2 aromatic rings. The Balaban J connectivity index is 2.00. The van der Waals surface area contributed by atoms with Crippen molar-refractivity contribution in [1.82, 2.24) is 9.55 Å². The second-order valence-corrected chi connectivity index (χ2v) is 6.61. The van der Waals surface area contributed by atoms with Crippen LogP contribution in [0.3, 0.4) is 0 Å². The number of aromatic nitrogens is 2. The summed E-state index contributed by atoms with van der Waals surface area (Å²) < 4.78 is 20.5. The number of halogens is 1. The highest BCUT2D eigenvalue weighted by atomic mass is 19.1. The molecule has 4 rings (SSSR count). The molecule has 0 bridgehead atoms. The molecule has 1 aromatic carbocycles. The smallest absolute Gasteiger partial charge is 0.337 e. The van der Waals surface area contributed by atoms with Gasteiger partial charge >= 0.3 is 11.7 Å². The van der Waals surface area contributed by atoms with Crippen LogP contribution in [-0.4, -0.2) is 22.1 Å². The molecule has 1 aromatic heterocycles. The van der Waals surface area contributed by atoms with Crippen LogP contribution in [0.1, 0.15) is 36.8 Å². The molecule has 2 aliphatic heterocycles. The van der Waals surface area contributed by atoms with E-state index < -0.39 is 29.0 Å². The number of hydrogen-bond donors (Lipinski definition) is 2. The van der Waals surface area contributed by atoms with Crippen LogP contribution in [0.4, 0.5) is 10.2 Å². The molecular formula is C19H18FN3O4. The lowest BCUT2D eigenvalue weighted by Gasteiger charge is -2.28. The molecule has 1 atom stereocenters. The van der Waals surface area contributed by atoms with Gasteiger partial charge < -0.3 is 10.1 Å². The minimum Gasteiger partial charge on any atom is -0.456 e. The van der Waals surface area contributed by atoms with E-state index in [4.69, 9.17) is 4.74 Å². The summed E-state index contributed by atoms with van der Waals surface area (Å²) in [5.74, 6) is -1.50. The number of carbonyl (C=O) groups excluding carboxylic acids is 1. The lowest BCUT2D eigenvalue weighted by molar-refractivity contribution is -0.136. The summed E-state index contributed by atoms with van der Waals surface area (Å²) in [5.41, 5.74) is 0.322. The van der Waals surface area contributed by atoms with E-state index in [-0.39, 0.29) is 17.7 Å². The molecule has 0 saturated heterocycles. The summed E-state index contributed by atoms with van der Waals surface area (Å²) in [5, 5.41) is 3.05. The number of ether oxygens (including phenoxy) is 1. The second-order valence-electron chi connectivity index (χ2n) is 6.61. The summed E-state index contributed by atoms with van der Waals surface area (Å²) >= 11 is 0. The number of aromatic amines is 1. The quantitative estimate of drug-likeness (QED) is 0.800. The van der Waals surface area contributed by atoms with Crippen LogP contribution in [0.5, 0.6) is 0 Å². The molecule has 140 valence electrons.